The Balaban J connectivity index is 3.54. The Hall–Kier alpha value is -2.66. The topological polar surface area (TPSA) is 72.8 Å². The van der Waals surface area contributed by atoms with Gasteiger partial charge < -0.3 is 14.6 Å². The number of hydrogen-bond acceptors (Lipinski definition) is 5. The third-order valence-corrected chi connectivity index (χ3v) is 7.68. The number of unbranched alkanes of at least 4 members (excludes halogenated alkanes) is 13. The first kappa shape index (κ1) is 44.3. The Bertz CT molecular complexity index is 879. The van der Waals surface area contributed by atoms with E-state index in [-0.39, 0.29) is 25.2 Å². The molecule has 0 bridgehead atoms. The lowest BCUT2D eigenvalue weighted by atomic mass is 10.1. The number of rotatable bonds is 33. The van der Waals surface area contributed by atoms with Crippen LogP contribution >= 0.6 is 0 Å². The van der Waals surface area contributed by atoms with Crippen LogP contribution in [0.1, 0.15) is 162 Å². The summed E-state index contributed by atoms with van der Waals surface area (Å²) in [6.07, 6.45) is 49.5. The standard InChI is InChI=1S/C42H70O5/c1-3-5-7-9-11-13-15-17-19-21-23-25-27-29-31-33-35-37-42(45)47-39-40(43)38-46-41(44)36-34-32-30-28-26-24-22-20-18-16-14-12-10-8-6-4-2/h5,7,11,13-14,16-17,19-20,22-23,25,40,43H,3-4,6,8-10,12,15,18,21,24,26-39H2,1-2H3/b7-5-,13-11-,16-14-,19-17-,22-20-,25-23-/t40-/m1/s1. The summed E-state index contributed by atoms with van der Waals surface area (Å²) in [5.74, 6) is -0.614. The molecule has 0 aromatic heterocycles. The fraction of sp³-hybridized carbons (Fsp3) is 0.667. The maximum absolute atomic E-state index is 12.0. The Morgan fingerprint density at radius 2 is 0.809 bits per heavy atom. The van der Waals surface area contributed by atoms with Gasteiger partial charge in [0.25, 0.3) is 0 Å². The molecule has 268 valence electrons. The second-order valence-electron chi connectivity index (χ2n) is 12.3. The van der Waals surface area contributed by atoms with E-state index in [1.807, 2.05) is 0 Å². The van der Waals surface area contributed by atoms with Crippen LogP contribution in [0.4, 0.5) is 0 Å². The summed E-state index contributed by atoms with van der Waals surface area (Å²) in [4.78, 5) is 23.9. The van der Waals surface area contributed by atoms with Crippen LogP contribution in [-0.2, 0) is 19.1 Å². The molecule has 0 saturated carbocycles. The third kappa shape index (κ3) is 37.7. The molecule has 0 aliphatic carbocycles. The first-order chi connectivity index (χ1) is 23.1. The first-order valence-corrected chi connectivity index (χ1v) is 19.0. The molecule has 0 saturated heterocycles. The second kappa shape index (κ2) is 37.8. The van der Waals surface area contributed by atoms with Crippen molar-refractivity contribution in [3.8, 4) is 0 Å². The largest absolute Gasteiger partial charge is 0.463 e. The molecule has 0 spiro atoms. The summed E-state index contributed by atoms with van der Waals surface area (Å²) in [5, 5.41) is 10.0. The van der Waals surface area contributed by atoms with Gasteiger partial charge in [0.15, 0.2) is 0 Å². The normalized spacial score (nSPS) is 13.0. The average molecular weight is 655 g/mol. The summed E-state index contributed by atoms with van der Waals surface area (Å²) in [6, 6.07) is 0. The van der Waals surface area contributed by atoms with Gasteiger partial charge in [-0.2, -0.15) is 0 Å². The van der Waals surface area contributed by atoms with Crippen LogP contribution in [0.3, 0.4) is 0 Å². The molecule has 0 fully saturated rings. The molecule has 5 heteroatoms. The van der Waals surface area contributed by atoms with Crippen molar-refractivity contribution in [2.45, 2.75) is 168 Å². The van der Waals surface area contributed by atoms with E-state index in [0.717, 1.165) is 89.9 Å². The van der Waals surface area contributed by atoms with Crippen molar-refractivity contribution in [2.75, 3.05) is 13.2 Å². The van der Waals surface area contributed by atoms with Crippen LogP contribution in [-0.4, -0.2) is 36.4 Å². The number of aliphatic hydroxyl groups is 1. The van der Waals surface area contributed by atoms with Crippen LogP contribution in [0.2, 0.25) is 0 Å². The summed E-state index contributed by atoms with van der Waals surface area (Å²) >= 11 is 0. The van der Waals surface area contributed by atoms with Crippen molar-refractivity contribution in [2.24, 2.45) is 0 Å². The monoisotopic (exact) mass is 655 g/mol. The SMILES string of the molecule is CC/C=C\C/C=C\C/C=C\C/C=C\CCCCCCC(=O)OC[C@H](O)COC(=O)CCCCCCC/C=C\C/C=C\CCCCCC. The second-order valence-corrected chi connectivity index (χ2v) is 12.3. The van der Waals surface area contributed by atoms with Gasteiger partial charge in [0, 0.05) is 12.8 Å². The van der Waals surface area contributed by atoms with Crippen LogP contribution in [0, 0.1) is 0 Å². The maximum Gasteiger partial charge on any atom is 0.305 e. The Morgan fingerprint density at radius 3 is 1.21 bits per heavy atom. The number of carbonyl (C=O) groups excluding carboxylic acids is 2. The van der Waals surface area contributed by atoms with Gasteiger partial charge in [-0.15, -0.1) is 0 Å². The van der Waals surface area contributed by atoms with Gasteiger partial charge in [-0.1, -0.05) is 138 Å². The number of aliphatic hydroxyl groups excluding tert-OH is 1. The first-order valence-electron chi connectivity index (χ1n) is 19.0. The van der Waals surface area contributed by atoms with Gasteiger partial charge in [0.2, 0.25) is 0 Å². The average Bonchev–Trinajstić information content (AvgIpc) is 3.07. The molecule has 5 nitrogen and oxygen atoms in total. The van der Waals surface area contributed by atoms with Crippen LogP contribution in [0.15, 0.2) is 72.9 Å². The van der Waals surface area contributed by atoms with Gasteiger partial charge in [-0.25, -0.2) is 0 Å². The van der Waals surface area contributed by atoms with Crippen molar-refractivity contribution < 1.29 is 24.2 Å². The molecule has 0 aliphatic heterocycles. The quantitative estimate of drug-likeness (QED) is 0.0433. The van der Waals surface area contributed by atoms with Gasteiger partial charge >= 0.3 is 11.9 Å². The molecule has 0 aromatic carbocycles. The molecule has 0 aromatic rings. The molecule has 0 heterocycles. The molecule has 1 atom stereocenters. The van der Waals surface area contributed by atoms with Crippen molar-refractivity contribution in [1.29, 1.82) is 0 Å². The molecule has 1 N–H and O–H groups in total. The van der Waals surface area contributed by atoms with E-state index in [9.17, 15) is 14.7 Å². The highest BCUT2D eigenvalue weighted by atomic mass is 16.6. The minimum atomic E-state index is -0.983. The van der Waals surface area contributed by atoms with Crippen molar-refractivity contribution in [3.05, 3.63) is 72.9 Å². The Morgan fingerprint density at radius 1 is 0.468 bits per heavy atom. The molecular formula is C42H70O5. The summed E-state index contributed by atoms with van der Waals surface area (Å²) < 4.78 is 10.3. The van der Waals surface area contributed by atoms with E-state index in [0.29, 0.717) is 12.8 Å². The zero-order valence-electron chi connectivity index (χ0n) is 30.3. The Kier molecular flexibility index (Phi) is 35.7. The predicted octanol–water partition coefficient (Wildman–Crippen LogP) is 11.8. The maximum atomic E-state index is 12.0. The lowest BCUT2D eigenvalue weighted by Crippen LogP contribution is -2.25. The van der Waals surface area contributed by atoms with Gasteiger partial charge in [-0.05, 0) is 83.5 Å². The van der Waals surface area contributed by atoms with Gasteiger partial charge in [0.1, 0.15) is 19.3 Å². The van der Waals surface area contributed by atoms with Crippen LogP contribution in [0.5, 0.6) is 0 Å². The van der Waals surface area contributed by atoms with Crippen LogP contribution < -0.4 is 0 Å². The minimum absolute atomic E-state index is 0.135. The summed E-state index contributed by atoms with van der Waals surface area (Å²) in [6.45, 7) is 4.12. The van der Waals surface area contributed by atoms with E-state index in [4.69, 9.17) is 9.47 Å². The van der Waals surface area contributed by atoms with Crippen LogP contribution in [0.25, 0.3) is 0 Å². The van der Waals surface area contributed by atoms with Gasteiger partial charge in [-0.3, -0.25) is 9.59 Å². The number of allylic oxidation sites excluding steroid dienone is 12. The lowest BCUT2D eigenvalue weighted by Gasteiger charge is -2.12. The lowest BCUT2D eigenvalue weighted by molar-refractivity contribution is -0.152. The Labute approximate surface area is 289 Å². The zero-order chi connectivity index (χ0) is 34.3. The van der Waals surface area contributed by atoms with E-state index >= 15 is 0 Å². The fourth-order valence-electron chi connectivity index (χ4n) is 4.81. The molecule has 0 unspecified atom stereocenters. The molecule has 0 aliphatic rings. The molecule has 0 radical (unpaired) electrons. The van der Waals surface area contributed by atoms with E-state index in [1.165, 1.54) is 44.9 Å². The number of esters is 2. The number of ether oxygens (including phenoxy) is 2. The highest BCUT2D eigenvalue weighted by Gasteiger charge is 2.12. The van der Waals surface area contributed by atoms with E-state index in [1.54, 1.807) is 0 Å². The zero-order valence-corrected chi connectivity index (χ0v) is 30.3. The predicted molar refractivity (Wildman–Crippen MR) is 200 cm³/mol. The van der Waals surface area contributed by atoms with Crippen molar-refractivity contribution >= 4 is 11.9 Å². The third-order valence-electron chi connectivity index (χ3n) is 7.68. The van der Waals surface area contributed by atoms with Crippen molar-refractivity contribution in [1.82, 2.24) is 0 Å². The minimum Gasteiger partial charge on any atom is -0.463 e. The van der Waals surface area contributed by atoms with E-state index in [2.05, 4.69) is 86.8 Å². The smallest absolute Gasteiger partial charge is 0.305 e. The van der Waals surface area contributed by atoms with E-state index < -0.39 is 6.10 Å². The number of hydrogen-bond donors (Lipinski definition) is 1. The molecule has 0 rings (SSSR count). The fourth-order valence-corrected chi connectivity index (χ4v) is 4.81. The highest BCUT2D eigenvalue weighted by molar-refractivity contribution is 5.69. The number of carbonyl (C=O) groups is 2. The molecule has 0 amide bonds. The summed E-state index contributed by atoms with van der Waals surface area (Å²) in [7, 11) is 0. The molecular weight excluding hydrogens is 584 g/mol. The van der Waals surface area contributed by atoms with Gasteiger partial charge in [0.05, 0.1) is 0 Å². The molecule has 47 heavy (non-hydrogen) atoms. The van der Waals surface area contributed by atoms with Crippen molar-refractivity contribution in [3.63, 3.8) is 0 Å². The highest BCUT2D eigenvalue weighted by Crippen LogP contribution is 2.10. The summed E-state index contributed by atoms with van der Waals surface area (Å²) in [5.41, 5.74) is 0.